The van der Waals surface area contributed by atoms with E-state index >= 15 is 0 Å². The largest absolute Gasteiger partial charge is 0.496 e. The number of aliphatic imine (C=N–C) groups is 1. The van der Waals surface area contributed by atoms with E-state index in [4.69, 9.17) is 19.2 Å². The highest BCUT2D eigenvalue weighted by molar-refractivity contribution is 8.16. The third-order valence-corrected chi connectivity index (χ3v) is 6.84. The predicted molar refractivity (Wildman–Crippen MR) is 127 cm³/mol. The molecule has 8 nitrogen and oxygen atoms in total. The molecule has 1 saturated heterocycles. The van der Waals surface area contributed by atoms with Crippen molar-refractivity contribution < 1.29 is 23.8 Å². The van der Waals surface area contributed by atoms with E-state index in [1.54, 1.807) is 7.11 Å². The number of allylic oxidation sites excluding steroid dienone is 1. The maximum atomic E-state index is 13.0. The van der Waals surface area contributed by atoms with Gasteiger partial charge in [-0.15, -0.1) is 0 Å². The van der Waals surface area contributed by atoms with Gasteiger partial charge in [0, 0.05) is 24.4 Å². The summed E-state index contributed by atoms with van der Waals surface area (Å²) in [6.07, 6.45) is 2.81. The fourth-order valence-corrected chi connectivity index (χ4v) is 5.30. The topological polar surface area (TPSA) is 89.5 Å². The van der Waals surface area contributed by atoms with Crippen LogP contribution in [0.3, 0.4) is 0 Å². The number of thioether (sulfide) groups is 1. The van der Waals surface area contributed by atoms with Gasteiger partial charge in [-0.3, -0.25) is 4.79 Å². The van der Waals surface area contributed by atoms with E-state index in [0.29, 0.717) is 30.0 Å². The van der Waals surface area contributed by atoms with Crippen LogP contribution in [0.2, 0.25) is 0 Å². The van der Waals surface area contributed by atoms with Crippen molar-refractivity contribution >= 4 is 28.8 Å². The van der Waals surface area contributed by atoms with Gasteiger partial charge in [-0.1, -0.05) is 36.9 Å². The molecule has 176 valence electrons. The number of nitrogens with one attached hydrogen (secondary N) is 1. The van der Waals surface area contributed by atoms with Crippen LogP contribution < -0.4 is 10.1 Å². The molecule has 0 aromatic heterocycles. The highest BCUT2D eigenvalue weighted by Crippen LogP contribution is 2.47. The number of carbonyl (C=O) groups is 2. The number of fused-ring (bicyclic) bond motifs is 1. The lowest BCUT2D eigenvalue weighted by Crippen LogP contribution is -2.39. The van der Waals surface area contributed by atoms with Crippen LogP contribution in [0.15, 0.2) is 51.6 Å². The molecule has 0 radical (unpaired) electrons. The first kappa shape index (κ1) is 23.4. The molecule has 1 aromatic carbocycles. The van der Waals surface area contributed by atoms with Crippen molar-refractivity contribution in [3.8, 4) is 5.75 Å². The molecule has 1 fully saturated rings. The lowest BCUT2D eigenvalue weighted by Gasteiger charge is -2.37. The lowest BCUT2D eigenvalue weighted by molar-refractivity contribution is -0.136. The maximum Gasteiger partial charge on any atom is 0.338 e. The Balaban J connectivity index is 1.66. The first-order valence-electron chi connectivity index (χ1n) is 11.1. The first-order valence-corrected chi connectivity index (χ1v) is 12.0. The molecule has 33 heavy (non-hydrogen) atoms. The third-order valence-electron chi connectivity index (χ3n) is 5.96. The van der Waals surface area contributed by atoms with E-state index in [0.717, 1.165) is 35.9 Å². The SMILES string of the molecule is CCC1=C(C(=O)OC)C(c2ccccc2OC)N2C(CC(=O)NCC3CCCO3)=CSC2=N1. The highest BCUT2D eigenvalue weighted by atomic mass is 32.2. The van der Waals surface area contributed by atoms with Gasteiger partial charge in [-0.05, 0) is 30.7 Å². The molecule has 3 heterocycles. The van der Waals surface area contributed by atoms with Crippen molar-refractivity contribution in [2.75, 3.05) is 27.4 Å². The van der Waals surface area contributed by atoms with Crippen LogP contribution in [0.25, 0.3) is 0 Å². The van der Waals surface area contributed by atoms with Crippen LogP contribution in [0.1, 0.15) is 44.2 Å². The molecule has 4 rings (SSSR count). The number of rotatable bonds is 8. The van der Waals surface area contributed by atoms with Crippen LogP contribution in [-0.2, 0) is 19.1 Å². The van der Waals surface area contributed by atoms with Crippen LogP contribution in [0.5, 0.6) is 5.75 Å². The number of ether oxygens (including phenoxy) is 3. The molecule has 0 aliphatic carbocycles. The molecule has 0 saturated carbocycles. The summed E-state index contributed by atoms with van der Waals surface area (Å²) in [5.41, 5.74) is 2.72. The summed E-state index contributed by atoms with van der Waals surface area (Å²) in [7, 11) is 2.97. The van der Waals surface area contributed by atoms with Crippen molar-refractivity contribution in [2.24, 2.45) is 4.99 Å². The van der Waals surface area contributed by atoms with Gasteiger partial charge in [0.1, 0.15) is 5.75 Å². The van der Waals surface area contributed by atoms with Gasteiger partial charge < -0.3 is 24.4 Å². The van der Waals surface area contributed by atoms with E-state index in [1.165, 1.54) is 18.9 Å². The van der Waals surface area contributed by atoms with Crippen LogP contribution >= 0.6 is 11.8 Å². The number of hydrogen-bond donors (Lipinski definition) is 1. The molecular formula is C24H29N3O5S. The molecule has 2 atom stereocenters. The minimum atomic E-state index is -0.511. The Bertz CT molecular complexity index is 1010. The van der Waals surface area contributed by atoms with Crippen LogP contribution in [-0.4, -0.2) is 55.4 Å². The van der Waals surface area contributed by atoms with Gasteiger partial charge in [0.2, 0.25) is 5.91 Å². The third kappa shape index (κ3) is 4.79. The molecule has 1 aromatic rings. The van der Waals surface area contributed by atoms with Gasteiger partial charge in [0.25, 0.3) is 0 Å². The summed E-state index contributed by atoms with van der Waals surface area (Å²) in [4.78, 5) is 32.4. The fourth-order valence-electron chi connectivity index (χ4n) is 4.36. The summed E-state index contributed by atoms with van der Waals surface area (Å²) in [6, 6.07) is 7.08. The second-order valence-corrected chi connectivity index (χ2v) is 8.79. The average molecular weight is 472 g/mol. The number of benzene rings is 1. The average Bonchev–Trinajstić information content (AvgIpc) is 3.51. The predicted octanol–water partition coefficient (Wildman–Crippen LogP) is 3.52. The van der Waals surface area contributed by atoms with E-state index in [9.17, 15) is 9.59 Å². The van der Waals surface area contributed by atoms with Gasteiger partial charge in [0.05, 0.1) is 44.1 Å². The maximum absolute atomic E-state index is 13.0. The summed E-state index contributed by atoms with van der Waals surface area (Å²) in [5, 5.41) is 5.64. The first-order chi connectivity index (χ1) is 16.1. The van der Waals surface area contributed by atoms with E-state index in [1.807, 2.05) is 41.5 Å². The number of amidine groups is 1. The normalized spacial score (nSPS) is 22.0. The molecular weight excluding hydrogens is 442 g/mol. The van der Waals surface area contributed by atoms with Gasteiger partial charge >= 0.3 is 5.97 Å². The number of para-hydroxylation sites is 1. The number of nitrogens with zero attached hydrogens (tertiary/aromatic N) is 2. The Labute approximate surface area is 198 Å². The Hall–Kier alpha value is -2.78. The van der Waals surface area contributed by atoms with E-state index in [2.05, 4.69) is 5.32 Å². The smallest absolute Gasteiger partial charge is 0.338 e. The zero-order valence-corrected chi connectivity index (χ0v) is 19.9. The van der Waals surface area contributed by atoms with Crippen molar-refractivity contribution in [2.45, 2.75) is 44.8 Å². The van der Waals surface area contributed by atoms with Crippen molar-refractivity contribution in [1.29, 1.82) is 0 Å². The van der Waals surface area contributed by atoms with Crippen molar-refractivity contribution in [3.63, 3.8) is 0 Å². The Morgan fingerprint density at radius 1 is 1.30 bits per heavy atom. The minimum Gasteiger partial charge on any atom is -0.496 e. The molecule has 1 amide bonds. The summed E-state index contributed by atoms with van der Waals surface area (Å²) in [6.45, 7) is 3.21. The Kier molecular flexibility index (Phi) is 7.39. The highest BCUT2D eigenvalue weighted by Gasteiger charge is 2.42. The molecule has 2 unspecified atom stereocenters. The number of esters is 1. The number of methoxy groups -OCH3 is 2. The molecule has 0 bridgehead atoms. The second-order valence-electron chi connectivity index (χ2n) is 7.96. The number of carbonyl (C=O) groups excluding carboxylic acids is 2. The molecule has 1 N–H and O–H groups in total. The van der Waals surface area contributed by atoms with Crippen LogP contribution in [0.4, 0.5) is 0 Å². The summed E-state index contributed by atoms with van der Waals surface area (Å²) in [5.74, 6) is 0.117. The molecule has 3 aliphatic heterocycles. The van der Waals surface area contributed by atoms with Crippen LogP contribution in [0, 0.1) is 0 Å². The minimum absolute atomic E-state index is 0.0790. The lowest BCUT2D eigenvalue weighted by atomic mass is 9.92. The number of hydrogen-bond acceptors (Lipinski definition) is 8. The summed E-state index contributed by atoms with van der Waals surface area (Å²) < 4.78 is 16.4. The molecule has 3 aliphatic rings. The zero-order chi connectivity index (χ0) is 23.4. The van der Waals surface area contributed by atoms with Gasteiger partial charge in [-0.25, -0.2) is 9.79 Å². The standard InChI is InChI=1S/C24H29N3O5S/c1-4-18-21(23(29)31-3)22(17-9-5-6-10-19(17)30-2)27-15(14-33-24(27)26-18)12-20(28)25-13-16-8-7-11-32-16/h5-6,9-10,14,16,22H,4,7-8,11-13H2,1-3H3,(H,25,28). The van der Waals surface area contributed by atoms with Crippen molar-refractivity contribution in [1.82, 2.24) is 10.2 Å². The Morgan fingerprint density at radius 3 is 2.82 bits per heavy atom. The Morgan fingerprint density at radius 2 is 2.12 bits per heavy atom. The second kappa shape index (κ2) is 10.4. The summed E-state index contributed by atoms with van der Waals surface area (Å²) >= 11 is 1.45. The quantitative estimate of drug-likeness (QED) is 0.580. The molecule has 0 spiro atoms. The van der Waals surface area contributed by atoms with Crippen molar-refractivity contribution in [3.05, 3.63) is 52.2 Å². The van der Waals surface area contributed by atoms with Gasteiger partial charge in [0.15, 0.2) is 5.17 Å². The number of amides is 1. The van der Waals surface area contributed by atoms with E-state index < -0.39 is 12.0 Å². The zero-order valence-electron chi connectivity index (χ0n) is 19.1. The monoisotopic (exact) mass is 471 g/mol. The van der Waals surface area contributed by atoms with Gasteiger partial charge in [-0.2, -0.15) is 0 Å². The van der Waals surface area contributed by atoms with E-state index in [-0.39, 0.29) is 18.4 Å². The molecule has 9 heteroatoms. The fraction of sp³-hybridized carbons (Fsp3) is 0.458.